The molecule has 0 unspecified atom stereocenters. The van der Waals surface area contributed by atoms with E-state index >= 15 is 0 Å². The fraction of sp³-hybridized carbons (Fsp3) is 0.350. The van der Waals surface area contributed by atoms with Crippen molar-refractivity contribution < 1.29 is 9.53 Å². The van der Waals surface area contributed by atoms with E-state index in [1.165, 1.54) is 10.8 Å². The lowest BCUT2D eigenvalue weighted by atomic mass is 10.1. The van der Waals surface area contributed by atoms with Crippen molar-refractivity contribution in [3.8, 4) is 6.07 Å². The van der Waals surface area contributed by atoms with E-state index in [1.54, 1.807) is 25.1 Å². The van der Waals surface area contributed by atoms with Crippen molar-refractivity contribution in [1.82, 2.24) is 15.1 Å². The maximum atomic E-state index is 12.3. The normalized spacial score (nSPS) is 11.4. The molecule has 6 nitrogen and oxygen atoms in total. The first-order valence-corrected chi connectivity index (χ1v) is 10.2. The van der Waals surface area contributed by atoms with Gasteiger partial charge in [-0.05, 0) is 38.5 Å². The molecule has 0 saturated heterocycles. The molecule has 1 N–H and O–H groups in total. The first-order valence-electron chi connectivity index (χ1n) is 9.02. The van der Waals surface area contributed by atoms with E-state index in [4.69, 9.17) is 39.5 Å². The molecule has 0 aliphatic carbocycles. The molecular weight excluding hydrogens is 435 g/mol. The molecule has 0 fully saturated rings. The van der Waals surface area contributed by atoms with Crippen LogP contribution >= 0.6 is 34.8 Å². The van der Waals surface area contributed by atoms with Gasteiger partial charge in [-0.3, -0.25) is 4.79 Å². The van der Waals surface area contributed by atoms with Crippen LogP contribution in [0, 0.1) is 18.3 Å². The molecule has 0 saturated carbocycles. The first-order chi connectivity index (χ1) is 13.9. The Labute approximate surface area is 185 Å². The molecule has 2 rings (SSSR count). The largest absolute Gasteiger partial charge is 0.382 e. The topological polar surface area (TPSA) is 79.9 Å². The number of hydrogen-bond acceptors (Lipinski definition) is 4. The van der Waals surface area contributed by atoms with E-state index < -0.39 is 5.91 Å². The number of amides is 1. The van der Waals surface area contributed by atoms with Crippen LogP contribution in [0.5, 0.6) is 0 Å². The molecule has 1 amide bonds. The summed E-state index contributed by atoms with van der Waals surface area (Å²) in [6, 6.07) is 7.14. The smallest absolute Gasteiger partial charge is 0.261 e. The maximum Gasteiger partial charge on any atom is 0.261 e. The lowest BCUT2D eigenvalue weighted by molar-refractivity contribution is -0.117. The molecule has 0 spiro atoms. The third-order valence-electron chi connectivity index (χ3n) is 4.09. The van der Waals surface area contributed by atoms with Crippen molar-refractivity contribution in [2.45, 2.75) is 26.8 Å². The SMILES string of the molecule is CCOCCCNC(=O)/C(C#N)=C/c1c(C)nn(Cc2c(Cl)cccc2Cl)c1Cl. The molecule has 0 atom stereocenters. The van der Waals surface area contributed by atoms with E-state index in [1.807, 2.05) is 13.0 Å². The zero-order valence-electron chi connectivity index (χ0n) is 16.1. The molecule has 154 valence electrons. The number of aromatic nitrogens is 2. The van der Waals surface area contributed by atoms with Gasteiger partial charge in [0.2, 0.25) is 0 Å². The average molecular weight is 456 g/mol. The van der Waals surface area contributed by atoms with Crippen LogP contribution in [0.15, 0.2) is 23.8 Å². The Bertz CT molecular complexity index is 928. The minimum atomic E-state index is -0.471. The summed E-state index contributed by atoms with van der Waals surface area (Å²) >= 11 is 18.9. The fourth-order valence-corrected chi connectivity index (χ4v) is 3.38. The summed E-state index contributed by atoms with van der Waals surface area (Å²) in [6.07, 6.45) is 2.10. The van der Waals surface area contributed by atoms with Crippen molar-refractivity contribution in [3.63, 3.8) is 0 Å². The van der Waals surface area contributed by atoms with Gasteiger partial charge in [0, 0.05) is 40.9 Å². The average Bonchev–Trinajstić information content (AvgIpc) is 2.95. The summed E-state index contributed by atoms with van der Waals surface area (Å²) in [5.41, 5.74) is 1.70. The number of hydrogen-bond donors (Lipinski definition) is 1. The summed E-state index contributed by atoms with van der Waals surface area (Å²) in [5.74, 6) is -0.471. The Morgan fingerprint density at radius 2 is 2.03 bits per heavy atom. The fourth-order valence-electron chi connectivity index (χ4n) is 2.58. The summed E-state index contributed by atoms with van der Waals surface area (Å²) in [5, 5.41) is 17.8. The number of rotatable bonds is 9. The van der Waals surface area contributed by atoms with Crippen LogP contribution in [0.1, 0.15) is 30.2 Å². The van der Waals surface area contributed by atoms with Crippen molar-refractivity contribution >= 4 is 46.8 Å². The summed E-state index contributed by atoms with van der Waals surface area (Å²) in [7, 11) is 0. The van der Waals surface area contributed by atoms with Crippen LogP contribution in [0.3, 0.4) is 0 Å². The van der Waals surface area contributed by atoms with Crippen LogP contribution in [-0.2, 0) is 16.1 Å². The predicted octanol–water partition coefficient (Wildman–Crippen LogP) is 4.65. The lowest BCUT2D eigenvalue weighted by Crippen LogP contribution is -2.26. The number of benzene rings is 1. The highest BCUT2D eigenvalue weighted by atomic mass is 35.5. The molecule has 0 aliphatic heterocycles. The molecular formula is C20H21Cl3N4O2. The van der Waals surface area contributed by atoms with Gasteiger partial charge in [-0.15, -0.1) is 0 Å². The third kappa shape index (κ3) is 6.22. The molecule has 0 aliphatic rings. The number of nitriles is 1. The van der Waals surface area contributed by atoms with Gasteiger partial charge in [-0.25, -0.2) is 4.68 Å². The molecule has 9 heteroatoms. The van der Waals surface area contributed by atoms with E-state index in [2.05, 4.69) is 10.4 Å². The number of ether oxygens (including phenoxy) is 1. The standard InChI is InChI=1S/C20H21Cl3N4O2/c1-3-29-9-5-8-25-20(28)14(11-24)10-15-13(2)26-27(19(15)23)12-16-17(21)6-4-7-18(16)22/h4,6-7,10H,3,5,8-9,12H2,1-2H3,(H,25,28)/b14-10+. The Hall–Kier alpha value is -2.04. The molecule has 0 radical (unpaired) electrons. The summed E-state index contributed by atoms with van der Waals surface area (Å²) in [4.78, 5) is 12.3. The van der Waals surface area contributed by atoms with E-state index in [9.17, 15) is 10.1 Å². The zero-order chi connectivity index (χ0) is 21.4. The monoisotopic (exact) mass is 454 g/mol. The molecule has 0 bridgehead atoms. The van der Waals surface area contributed by atoms with Gasteiger partial charge in [0.25, 0.3) is 5.91 Å². The third-order valence-corrected chi connectivity index (χ3v) is 5.19. The molecule has 29 heavy (non-hydrogen) atoms. The minimum Gasteiger partial charge on any atom is -0.382 e. The van der Waals surface area contributed by atoms with Crippen LogP contribution in [0.2, 0.25) is 15.2 Å². The predicted molar refractivity (Wildman–Crippen MR) is 115 cm³/mol. The number of nitrogens with one attached hydrogen (secondary N) is 1. The van der Waals surface area contributed by atoms with E-state index in [-0.39, 0.29) is 17.3 Å². The number of halogens is 3. The zero-order valence-corrected chi connectivity index (χ0v) is 18.4. The van der Waals surface area contributed by atoms with E-state index in [0.717, 1.165) is 0 Å². The highest BCUT2D eigenvalue weighted by molar-refractivity contribution is 6.36. The van der Waals surface area contributed by atoms with Crippen LogP contribution in [-0.4, -0.2) is 35.4 Å². The highest BCUT2D eigenvalue weighted by Gasteiger charge is 2.17. The number of carbonyl (C=O) groups is 1. The van der Waals surface area contributed by atoms with Crippen molar-refractivity contribution in [2.24, 2.45) is 0 Å². The number of aryl methyl sites for hydroxylation is 1. The van der Waals surface area contributed by atoms with Gasteiger partial charge in [0.15, 0.2) is 0 Å². The van der Waals surface area contributed by atoms with Crippen LogP contribution in [0.25, 0.3) is 6.08 Å². The van der Waals surface area contributed by atoms with Gasteiger partial charge in [-0.2, -0.15) is 10.4 Å². The highest BCUT2D eigenvalue weighted by Crippen LogP contribution is 2.28. The van der Waals surface area contributed by atoms with Crippen molar-refractivity contribution in [2.75, 3.05) is 19.8 Å². The minimum absolute atomic E-state index is 0.0539. The lowest BCUT2D eigenvalue weighted by Gasteiger charge is -2.08. The Morgan fingerprint density at radius 1 is 1.34 bits per heavy atom. The Balaban J connectivity index is 2.19. The number of carbonyl (C=O) groups excluding carboxylic acids is 1. The number of nitrogens with zero attached hydrogens (tertiary/aromatic N) is 3. The second-order valence-corrected chi connectivity index (χ2v) is 7.30. The van der Waals surface area contributed by atoms with Gasteiger partial charge in [0.1, 0.15) is 16.8 Å². The van der Waals surface area contributed by atoms with Gasteiger partial charge < -0.3 is 10.1 Å². The maximum absolute atomic E-state index is 12.3. The first kappa shape index (κ1) is 23.2. The second kappa shape index (κ2) is 11.2. The summed E-state index contributed by atoms with van der Waals surface area (Å²) in [6.45, 7) is 5.49. The molecule has 2 aromatic rings. The van der Waals surface area contributed by atoms with Crippen molar-refractivity contribution in [1.29, 1.82) is 5.26 Å². The molecule has 1 heterocycles. The van der Waals surface area contributed by atoms with Gasteiger partial charge in [0.05, 0.1) is 12.2 Å². The van der Waals surface area contributed by atoms with Crippen LogP contribution < -0.4 is 5.32 Å². The van der Waals surface area contributed by atoms with Crippen LogP contribution in [0.4, 0.5) is 0 Å². The second-order valence-electron chi connectivity index (χ2n) is 6.12. The Kier molecular flexibility index (Phi) is 8.99. The van der Waals surface area contributed by atoms with Gasteiger partial charge in [-0.1, -0.05) is 40.9 Å². The van der Waals surface area contributed by atoms with Gasteiger partial charge >= 0.3 is 0 Å². The summed E-state index contributed by atoms with van der Waals surface area (Å²) < 4.78 is 6.75. The quantitative estimate of drug-likeness (QED) is 0.339. The molecule has 1 aromatic heterocycles. The van der Waals surface area contributed by atoms with Crippen molar-refractivity contribution in [3.05, 3.63) is 55.8 Å². The van der Waals surface area contributed by atoms with E-state index in [0.29, 0.717) is 53.0 Å². The molecule has 1 aromatic carbocycles. The Morgan fingerprint density at radius 3 is 2.66 bits per heavy atom.